The predicted molar refractivity (Wildman–Crippen MR) is 38.8 cm³/mol. The number of carbonyl (C=O) groups excluding carboxylic acids is 1. The molecule has 0 unspecified atom stereocenters. The lowest BCUT2D eigenvalue weighted by Crippen LogP contribution is -2.41. The number of likely N-dealkylation sites (N-methyl/N-ethyl adjacent to an activating group) is 1. The highest BCUT2D eigenvalue weighted by Crippen LogP contribution is 2.23. The highest BCUT2D eigenvalue weighted by molar-refractivity contribution is 5.86. The van der Waals surface area contributed by atoms with Gasteiger partial charge in [-0.15, -0.1) is 0 Å². The van der Waals surface area contributed by atoms with Gasteiger partial charge < -0.3 is 4.90 Å². The van der Waals surface area contributed by atoms with Crippen molar-refractivity contribution in [2.45, 2.75) is 12.3 Å². The molecular formula is C7H9F4NO. The lowest BCUT2D eigenvalue weighted by molar-refractivity contribution is -0.151. The molecule has 0 radical (unpaired) electrons. The van der Waals surface area contributed by atoms with Crippen LogP contribution in [-0.2, 0) is 4.79 Å². The Morgan fingerprint density at radius 2 is 2.08 bits per heavy atom. The Morgan fingerprint density at radius 1 is 1.62 bits per heavy atom. The van der Waals surface area contributed by atoms with Crippen LogP contribution in [0.15, 0.2) is 12.7 Å². The van der Waals surface area contributed by atoms with E-state index in [1.54, 1.807) is 0 Å². The number of halogens is 4. The highest BCUT2D eigenvalue weighted by atomic mass is 19.3. The Labute approximate surface area is 72.8 Å². The molecule has 0 aromatic rings. The molecule has 0 spiro atoms. The molecule has 0 heterocycles. The summed E-state index contributed by atoms with van der Waals surface area (Å²) < 4.78 is 47.9. The largest absolute Gasteiger partial charge is 0.336 e. The van der Waals surface area contributed by atoms with Crippen molar-refractivity contribution >= 4 is 5.91 Å². The van der Waals surface area contributed by atoms with Gasteiger partial charge in [-0.05, 0) is 6.08 Å². The number of hydrogen-bond acceptors (Lipinski definition) is 1. The molecule has 0 aromatic carbocycles. The third-order valence-electron chi connectivity index (χ3n) is 1.32. The van der Waals surface area contributed by atoms with Crippen molar-refractivity contribution in [1.29, 1.82) is 0 Å². The molecular weight excluding hydrogens is 190 g/mol. The molecule has 76 valence electrons. The maximum absolute atomic E-state index is 12.3. The molecule has 0 fully saturated rings. The Balaban J connectivity index is 4.27. The second-order valence-electron chi connectivity index (χ2n) is 2.46. The molecule has 0 bridgehead atoms. The van der Waals surface area contributed by atoms with Crippen molar-refractivity contribution in [3.05, 3.63) is 12.7 Å². The van der Waals surface area contributed by atoms with E-state index in [0.29, 0.717) is 4.90 Å². The zero-order chi connectivity index (χ0) is 10.6. The minimum absolute atomic E-state index is 0.485. The molecule has 0 atom stereocenters. The number of hydrogen-bond donors (Lipinski definition) is 0. The van der Waals surface area contributed by atoms with Crippen LogP contribution in [0.1, 0.15) is 0 Å². The van der Waals surface area contributed by atoms with Gasteiger partial charge >= 0.3 is 12.3 Å². The Kier molecular flexibility index (Phi) is 3.90. The molecule has 13 heavy (non-hydrogen) atoms. The quantitative estimate of drug-likeness (QED) is 0.496. The van der Waals surface area contributed by atoms with Crippen molar-refractivity contribution in [3.8, 4) is 0 Å². The first kappa shape index (κ1) is 11.9. The summed E-state index contributed by atoms with van der Waals surface area (Å²) in [6.45, 7) is 1.72. The van der Waals surface area contributed by atoms with Crippen LogP contribution in [0.4, 0.5) is 17.6 Å². The van der Waals surface area contributed by atoms with E-state index in [9.17, 15) is 22.4 Å². The van der Waals surface area contributed by atoms with Crippen LogP contribution in [0, 0.1) is 0 Å². The fourth-order valence-electron chi connectivity index (χ4n) is 0.619. The zero-order valence-corrected chi connectivity index (χ0v) is 6.94. The first-order chi connectivity index (χ1) is 5.81. The predicted octanol–water partition coefficient (Wildman–Crippen LogP) is 1.53. The van der Waals surface area contributed by atoms with Gasteiger partial charge in [-0.2, -0.15) is 8.78 Å². The lowest BCUT2D eigenvalue weighted by atomic mass is 10.3. The monoisotopic (exact) mass is 199 g/mol. The van der Waals surface area contributed by atoms with Crippen LogP contribution in [0.3, 0.4) is 0 Å². The van der Waals surface area contributed by atoms with E-state index in [1.165, 1.54) is 0 Å². The van der Waals surface area contributed by atoms with E-state index < -0.39 is 24.8 Å². The zero-order valence-electron chi connectivity index (χ0n) is 6.94. The maximum atomic E-state index is 12.3. The van der Waals surface area contributed by atoms with Crippen molar-refractivity contribution in [1.82, 2.24) is 4.90 Å². The molecule has 0 saturated carbocycles. The number of alkyl halides is 4. The van der Waals surface area contributed by atoms with E-state index in [2.05, 4.69) is 6.58 Å². The average Bonchev–Trinajstić information content (AvgIpc) is 2.01. The van der Waals surface area contributed by atoms with Gasteiger partial charge in [-0.3, -0.25) is 4.79 Å². The fraction of sp³-hybridized carbons (Fsp3) is 0.571. The van der Waals surface area contributed by atoms with Gasteiger partial charge in [-0.1, -0.05) is 6.58 Å². The Hall–Kier alpha value is -1.07. The highest BCUT2D eigenvalue weighted by Gasteiger charge is 2.42. The molecule has 0 aliphatic carbocycles. The van der Waals surface area contributed by atoms with E-state index in [1.807, 2.05) is 0 Å². The third kappa shape index (κ3) is 3.43. The second kappa shape index (κ2) is 4.25. The van der Waals surface area contributed by atoms with Crippen molar-refractivity contribution in [2.75, 3.05) is 13.6 Å². The van der Waals surface area contributed by atoms with Crippen molar-refractivity contribution < 1.29 is 22.4 Å². The smallest absolute Gasteiger partial charge is 0.324 e. The van der Waals surface area contributed by atoms with Gasteiger partial charge in [0, 0.05) is 7.05 Å². The van der Waals surface area contributed by atoms with Gasteiger partial charge in [0.05, 0.1) is 6.54 Å². The molecule has 0 aliphatic rings. The summed E-state index contributed by atoms with van der Waals surface area (Å²) in [5.74, 6) is -4.99. The summed E-state index contributed by atoms with van der Waals surface area (Å²) in [7, 11) is 1.00. The van der Waals surface area contributed by atoms with E-state index in [0.717, 1.165) is 13.1 Å². The molecule has 0 aliphatic heterocycles. The number of rotatable bonds is 4. The number of nitrogens with zero attached hydrogens (tertiary/aromatic N) is 1. The lowest BCUT2D eigenvalue weighted by Gasteiger charge is -2.21. The van der Waals surface area contributed by atoms with Crippen LogP contribution in [-0.4, -0.2) is 36.7 Å². The summed E-state index contributed by atoms with van der Waals surface area (Å²) in [5.41, 5.74) is 0. The van der Waals surface area contributed by atoms with Crippen LogP contribution >= 0.6 is 0 Å². The standard InChI is InChI=1S/C7H9F4NO/c1-3-5(13)12(2)4-7(10,11)6(8)9/h3,6H,1,4H2,2H3. The molecule has 0 rings (SSSR count). The number of amides is 1. The molecule has 0 saturated heterocycles. The number of carbonyl (C=O) groups is 1. The van der Waals surface area contributed by atoms with Gasteiger partial charge in [0.25, 0.3) is 0 Å². The summed E-state index contributed by atoms with van der Waals surface area (Å²) in [5, 5.41) is 0. The van der Waals surface area contributed by atoms with Crippen LogP contribution < -0.4 is 0 Å². The molecule has 0 aromatic heterocycles. The van der Waals surface area contributed by atoms with Crippen molar-refractivity contribution in [2.24, 2.45) is 0 Å². The van der Waals surface area contributed by atoms with Crippen LogP contribution in [0.5, 0.6) is 0 Å². The summed E-state index contributed by atoms with van der Waals surface area (Å²) in [6, 6.07) is 0. The summed E-state index contributed by atoms with van der Waals surface area (Å²) in [4.78, 5) is 11.1. The topological polar surface area (TPSA) is 20.3 Å². The molecule has 1 amide bonds. The van der Waals surface area contributed by atoms with Gasteiger partial charge in [0.15, 0.2) is 0 Å². The molecule has 0 N–H and O–H groups in total. The second-order valence-corrected chi connectivity index (χ2v) is 2.46. The summed E-state index contributed by atoms with van der Waals surface area (Å²) in [6.07, 6.45) is -2.99. The average molecular weight is 199 g/mol. The van der Waals surface area contributed by atoms with E-state index in [-0.39, 0.29) is 0 Å². The molecule has 6 heteroatoms. The first-order valence-corrected chi connectivity index (χ1v) is 3.34. The van der Waals surface area contributed by atoms with Crippen LogP contribution in [0.2, 0.25) is 0 Å². The van der Waals surface area contributed by atoms with E-state index in [4.69, 9.17) is 0 Å². The SMILES string of the molecule is C=CC(=O)N(C)CC(F)(F)C(F)F. The molecule has 2 nitrogen and oxygen atoms in total. The van der Waals surface area contributed by atoms with Gasteiger partial charge in [-0.25, -0.2) is 8.78 Å². The Morgan fingerprint density at radius 3 is 2.38 bits per heavy atom. The van der Waals surface area contributed by atoms with Gasteiger partial charge in [0.2, 0.25) is 5.91 Å². The minimum atomic E-state index is -4.17. The van der Waals surface area contributed by atoms with Crippen molar-refractivity contribution in [3.63, 3.8) is 0 Å². The third-order valence-corrected chi connectivity index (χ3v) is 1.32. The normalized spacial score (nSPS) is 11.5. The maximum Gasteiger partial charge on any atom is 0.324 e. The van der Waals surface area contributed by atoms with Crippen LogP contribution in [0.25, 0.3) is 0 Å². The van der Waals surface area contributed by atoms with E-state index >= 15 is 0 Å². The minimum Gasteiger partial charge on any atom is -0.336 e. The summed E-state index contributed by atoms with van der Waals surface area (Å²) >= 11 is 0. The fourth-order valence-corrected chi connectivity index (χ4v) is 0.619. The van der Waals surface area contributed by atoms with Gasteiger partial charge in [0.1, 0.15) is 0 Å². The first-order valence-electron chi connectivity index (χ1n) is 3.34. The Bertz CT molecular complexity index is 205.